The van der Waals surface area contributed by atoms with E-state index in [4.69, 9.17) is 0 Å². The molecule has 0 unspecified atom stereocenters. The van der Waals surface area contributed by atoms with Crippen molar-refractivity contribution < 1.29 is 0 Å². The van der Waals surface area contributed by atoms with E-state index in [1.807, 2.05) is 12.3 Å². The third kappa shape index (κ3) is 2.01. The fraction of sp³-hybridized carbons (Fsp3) is 0.167. The molecular formula is C18H17N. The van der Waals surface area contributed by atoms with Gasteiger partial charge in [0.25, 0.3) is 0 Å². The predicted molar refractivity (Wildman–Crippen MR) is 81.4 cm³/mol. The van der Waals surface area contributed by atoms with E-state index in [0.29, 0.717) is 0 Å². The molecule has 0 aliphatic rings. The van der Waals surface area contributed by atoms with Crippen molar-refractivity contribution in [1.82, 2.24) is 4.98 Å². The molecule has 1 aromatic heterocycles. The Morgan fingerprint density at radius 1 is 0.842 bits per heavy atom. The van der Waals surface area contributed by atoms with Gasteiger partial charge < -0.3 is 0 Å². The summed E-state index contributed by atoms with van der Waals surface area (Å²) in [6.07, 6.45) is 1.84. The molecule has 0 amide bonds. The summed E-state index contributed by atoms with van der Waals surface area (Å²) in [7, 11) is 0. The van der Waals surface area contributed by atoms with Crippen LogP contribution >= 0.6 is 0 Å². The molecule has 0 saturated carbocycles. The molecule has 0 aliphatic carbocycles. The average Bonchev–Trinajstić information content (AvgIpc) is 2.44. The first-order chi connectivity index (χ1) is 9.16. The Labute approximate surface area is 113 Å². The van der Waals surface area contributed by atoms with Crippen molar-refractivity contribution in [1.29, 1.82) is 0 Å². The standard InChI is InChI=1S/C18H17N/c1-12-6-8-17(14(3)13(12)2)15-7-9-18-16(11-15)5-4-10-19-18/h4-11H,1-3H3. The Morgan fingerprint density at radius 3 is 2.53 bits per heavy atom. The lowest BCUT2D eigenvalue weighted by atomic mass is 9.93. The number of hydrogen-bond donors (Lipinski definition) is 0. The maximum atomic E-state index is 4.37. The van der Waals surface area contributed by atoms with E-state index in [2.05, 4.69) is 62.2 Å². The van der Waals surface area contributed by atoms with Gasteiger partial charge in [-0.05, 0) is 66.8 Å². The van der Waals surface area contributed by atoms with Gasteiger partial charge in [0.1, 0.15) is 0 Å². The van der Waals surface area contributed by atoms with Crippen LogP contribution in [0.25, 0.3) is 22.0 Å². The second-order valence-electron chi connectivity index (χ2n) is 5.09. The van der Waals surface area contributed by atoms with Gasteiger partial charge >= 0.3 is 0 Å². The van der Waals surface area contributed by atoms with E-state index in [1.54, 1.807) is 0 Å². The average molecular weight is 247 g/mol. The Bertz CT molecular complexity index is 757. The van der Waals surface area contributed by atoms with Gasteiger partial charge in [-0.3, -0.25) is 4.98 Å². The number of pyridine rings is 1. The van der Waals surface area contributed by atoms with Gasteiger partial charge in [0.2, 0.25) is 0 Å². The van der Waals surface area contributed by atoms with Gasteiger partial charge in [-0.2, -0.15) is 0 Å². The lowest BCUT2D eigenvalue weighted by molar-refractivity contribution is 1.27. The summed E-state index contributed by atoms with van der Waals surface area (Å²) >= 11 is 0. The monoisotopic (exact) mass is 247 g/mol. The van der Waals surface area contributed by atoms with Gasteiger partial charge in [-0.1, -0.05) is 24.3 Å². The molecule has 0 spiro atoms. The van der Waals surface area contributed by atoms with Crippen LogP contribution in [0.2, 0.25) is 0 Å². The van der Waals surface area contributed by atoms with Crippen LogP contribution in [0.3, 0.4) is 0 Å². The largest absolute Gasteiger partial charge is 0.256 e. The van der Waals surface area contributed by atoms with Crippen LogP contribution in [-0.4, -0.2) is 4.98 Å². The first kappa shape index (κ1) is 11.9. The fourth-order valence-electron chi connectivity index (χ4n) is 2.51. The van der Waals surface area contributed by atoms with Crippen molar-refractivity contribution in [2.75, 3.05) is 0 Å². The number of fused-ring (bicyclic) bond motifs is 1. The van der Waals surface area contributed by atoms with Gasteiger partial charge in [-0.15, -0.1) is 0 Å². The van der Waals surface area contributed by atoms with Crippen molar-refractivity contribution in [2.24, 2.45) is 0 Å². The van der Waals surface area contributed by atoms with Crippen molar-refractivity contribution >= 4 is 10.9 Å². The van der Waals surface area contributed by atoms with E-state index in [-0.39, 0.29) is 0 Å². The third-order valence-electron chi connectivity index (χ3n) is 3.97. The summed E-state index contributed by atoms with van der Waals surface area (Å²) in [5.74, 6) is 0. The normalized spacial score (nSPS) is 10.9. The number of hydrogen-bond acceptors (Lipinski definition) is 1. The highest BCUT2D eigenvalue weighted by atomic mass is 14.6. The Morgan fingerprint density at radius 2 is 1.68 bits per heavy atom. The lowest BCUT2D eigenvalue weighted by Gasteiger charge is -2.12. The predicted octanol–water partition coefficient (Wildman–Crippen LogP) is 4.83. The number of benzene rings is 2. The van der Waals surface area contributed by atoms with Crippen LogP contribution in [0.5, 0.6) is 0 Å². The minimum Gasteiger partial charge on any atom is -0.256 e. The second-order valence-corrected chi connectivity index (χ2v) is 5.09. The van der Waals surface area contributed by atoms with E-state index < -0.39 is 0 Å². The van der Waals surface area contributed by atoms with E-state index in [9.17, 15) is 0 Å². The fourth-order valence-corrected chi connectivity index (χ4v) is 2.51. The molecule has 1 heteroatoms. The molecule has 0 saturated heterocycles. The van der Waals surface area contributed by atoms with Crippen molar-refractivity contribution in [2.45, 2.75) is 20.8 Å². The molecule has 0 atom stereocenters. The Kier molecular flexibility index (Phi) is 2.83. The topological polar surface area (TPSA) is 12.9 Å². The summed E-state index contributed by atoms with van der Waals surface area (Å²) < 4.78 is 0. The van der Waals surface area contributed by atoms with Crippen LogP contribution in [0.15, 0.2) is 48.7 Å². The zero-order valence-corrected chi connectivity index (χ0v) is 11.6. The highest BCUT2D eigenvalue weighted by Gasteiger charge is 2.06. The molecule has 0 bridgehead atoms. The Balaban J connectivity index is 2.22. The summed E-state index contributed by atoms with van der Waals surface area (Å²) in [5, 5.41) is 1.19. The third-order valence-corrected chi connectivity index (χ3v) is 3.97. The van der Waals surface area contributed by atoms with Gasteiger partial charge in [0, 0.05) is 11.6 Å². The maximum absolute atomic E-state index is 4.37. The SMILES string of the molecule is Cc1ccc(-c2ccc3ncccc3c2)c(C)c1C. The first-order valence-corrected chi connectivity index (χ1v) is 6.59. The van der Waals surface area contributed by atoms with Crippen molar-refractivity contribution in [3.63, 3.8) is 0 Å². The quantitative estimate of drug-likeness (QED) is 0.600. The second kappa shape index (κ2) is 4.51. The van der Waals surface area contributed by atoms with Crippen molar-refractivity contribution in [3.8, 4) is 11.1 Å². The van der Waals surface area contributed by atoms with E-state index >= 15 is 0 Å². The minimum atomic E-state index is 1.05. The molecule has 0 radical (unpaired) electrons. The molecule has 1 nitrogen and oxygen atoms in total. The molecule has 2 aromatic carbocycles. The van der Waals surface area contributed by atoms with Crippen LogP contribution in [0.4, 0.5) is 0 Å². The first-order valence-electron chi connectivity index (χ1n) is 6.59. The highest BCUT2D eigenvalue weighted by molar-refractivity contribution is 5.85. The molecule has 3 aromatic rings. The summed E-state index contributed by atoms with van der Waals surface area (Å²) in [5.41, 5.74) is 7.72. The van der Waals surface area contributed by atoms with Crippen LogP contribution < -0.4 is 0 Å². The van der Waals surface area contributed by atoms with Gasteiger partial charge in [0.15, 0.2) is 0 Å². The molecule has 0 aliphatic heterocycles. The smallest absolute Gasteiger partial charge is 0.0702 e. The highest BCUT2D eigenvalue weighted by Crippen LogP contribution is 2.29. The number of rotatable bonds is 1. The number of nitrogens with zero attached hydrogens (tertiary/aromatic N) is 1. The molecule has 3 rings (SSSR count). The van der Waals surface area contributed by atoms with Crippen molar-refractivity contribution in [3.05, 3.63) is 65.4 Å². The zero-order chi connectivity index (χ0) is 13.4. The molecular weight excluding hydrogens is 230 g/mol. The molecule has 0 fully saturated rings. The summed E-state index contributed by atoms with van der Waals surface area (Å²) in [4.78, 5) is 4.37. The van der Waals surface area contributed by atoms with Gasteiger partial charge in [-0.25, -0.2) is 0 Å². The number of aromatic nitrogens is 1. The molecule has 19 heavy (non-hydrogen) atoms. The van der Waals surface area contributed by atoms with E-state index in [1.165, 1.54) is 33.2 Å². The maximum Gasteiger partial charge on any atom is 0.0702 e. The zero-order valence-electron chi connectivity index (χ0n) is 11.6. The lowest BCUT2D eigenvalue weighted by Crippen LogP contribution is -1.91. The van der Waals surface area contributed by atoms with Crippen LogP contribution in [0.1, 0.15) is 16.7 Å². The van der Waals surface area contributed by atoms with Gasteiger partial charge in [0.05, 0.1) is 5.52 Å². The van der Waals surface area contributed by atoms with Crippen LogP contribution in [-0.2, 0) is 0 Å². The Hall–Kier alpha value is -2.15. The van der Waals surface area contributed by atoms with E-state index in [0.717, 1.165) is 5.52 Å². The number of aryl methyl sites for hydroxylation is 1. The summed E-state index contributed by atoms with van der Waals surface area (Å²) in [6, 6.07) is 15.0. The summed E-state index contributed by atoms with van der Waals surface area (Å²) in [6.45, 7) is 6.55. The molecule has 0 N–H and O–H groups in total. The molecule has 1 heterocycles. The van der Waals surface area contributed by atoms with Crippen LogP contribution in [0, 0.1) is 20.8 Å². The molecule has 94 valence electrons. The minimum absolute atomic E-state index is 1.05.